The number of carbonyl (C=O) groups is 1. The highest BCUT2D eigenvalue weighted by Gasteiger charge is 2.27. The number of aldehydes is 1. The highest BCUT2D eigenvalue weighted by atomic mass is 32.1. The van der Waals surface area contributed by atoms with E-state index in [4.69, 9.17) is 4.98 Å². The van der Waals surface area contributed by atoms with E-state index < -0.39 is 0 Å². The monoisotopic (exact) mass is 266 g/mol. The zero-order chi connectivity index (χ0) is 13.3. The Balaban J connectivity index is 2.29. The number of nitrogens with zero attached hydrogens (tertiary/aromatic N) is 2. The Labute approximate surface area is 113 Å². The van der Waals surface area contributed by atoms with Crippen LogP contribution in [0.4, 0.5) is 5.13 Å². The van der Waals surface area contributed by atoms with E-state index in [1.165, 1.54) is 37.0 Å². The van der Waals surface area contributed by atoms with Crippen LogP contribution in [0, 0.1) is 0 Å². The van der Waals surface area contributed by atoms with Gasteiger partial charge in [-0.3, -0.25) is 4.79 Å². The fourth-order valence-corrected chi connectivity index (χ4v) is 3.66. The maximum Gasteiger partial charge on any atom is 0.186 e. The van der Waals surface area contributed by atoms with E-state index in [9.17, 15) is 4.79 Å². The molecular formula is C14H22N2OS. The molecule has 0 amide bonds. The van der Waals surface area contributed by atoms with Crippen LogP contribution >= 0.6 is 11.3 Å². The van der Waals surface area contributed by atoms with Crippen molar-refractivity contribution in [1.29, 1.82) is 0 Å². The van der Waals surface area contributed by atoms with Crippen molar-refractivity contribution < 1.29 is 4.79 Å². The SMILES string of the molecule is CN(c1nc(C(C)(C)C)c(C=O)s1)C1CCCC1. The van der Waals surface area contributed by atoms with Gasteiger partial charge in [-0.15, -0.1) is 0 Å². The van der Waals surface area contributed by atoms with Crippen molar-refractivity contribution in [3.63, 3.8) is 0 Å². The maximum atomic E-state index is 11.2. The van der Waals surface area contributed by atoms with Gasteiger partial charge in [0.15, 0.2) is 11.4 Å². The summed E-state index contributed by atoms with van der Waals surface area (Å²) in [7, 11) is 2.11. The average Bonchev–Trinajstić information content (AvgIpc) is 2.96. The van der Waals surface area contributed by atoms with E-state index in [1.807, 2.05) is 0 Å². The molecule has 0 spiro atoms. The van der Waals surface area contributed by atoms with E-state index in [-0.39, 0.29) is 5.41 Å². The molecule has 0 unspecified atom stereocenters. The van der Waals surface area contributed by atoms with Gasteiger partial charge in [0.1, 0.15) is 0 Å². The lowest BCUT2D eigenvalue weighted by molar-refractivity contribution is 0.112. The van der Waals surface area contributed by atoms with Crippen molar-refractivity contribution in [3.05, 3.63) is 10.6 Å². The molecule has 0 aliphatic heterocycles. The number of aromatic nitrogens is 1. The summed E-state index contributed by atoms with van der Waals surface area (Å²) in [5, 5.41) is 0.994. The molecule has 2 rings (SSSR count). The highest BCUT2D eigenvalue weighted by molar-refractivity contribution is 7.17. The van der Waals surface area contributed by atoms with Gasteiger partial charge in [0.25, 0.3) is 0 Å². The summed E-state index contributed by atoms with van der Waals surface area (Å²) >= 11 is 1.53. The third-order valence-electron chi connectivity index (χ3n) is 3.63. The molecule has 3 nitrogen and oxygen atoms in total. The van der Waals surface area contributed by atoms with Gasteiger partial charge in [0.05, 0.1) is 10.6 Å². The summed E-state index contributed by atoms with van der Waals surface area (Å²) in [5.41, 5.74) is 0.865. The first-order chi connectivity index (χ1) is 8.43. The molecule has 0 N–H and O–H groups in total. The Kier molecular flexibility index (Phi) is 3.76. The molecule has 1 heterocycles. The summed E-state index contributed by atoms with van der Waals surface area (Å²) < 4.78 is 0. The predicted octanol–water partition coefficient (Wildman–Crippen LogP) is 3.63. The fourth-order valence-electron chi connectivity index (χ4n) is 2.54. The standard InChI is InChI=1S/C14H22N2OS/c1-14(2,3)12-11(9-17)18-13(15-12)16(4)10-7-5-6-8-10/h9-10H,5-8H2,1-4H3. The van der Waals surface area contributed by atoms with Crippen molar-refractivity contribution >= 4 is 22.8 Å². The molecule has 18 heavy (non-hydrogen) atoms. The first-order valence-corrected chi connectivity index (χ1v) is 7.44. The topological polar surface area (TPSA) is 33.2 Å². The van der Waals surface area contributed by atoms with Crippen LogP contribution in [0.25, 0.3) is 0 Å². The minimum atomic E-state index is -0.0679. The quantitative estimate of drug-likeness (QED) is 0.783. The largest absolute Gasteiger partial charge is 0.348 e. The second kappa shape index (κ2) is 5.00. The van der Waals surface area contributed by atoms with Crippen LogP contribution in [0.15, 0.2) is 0 Å². The molecule has 0 radical (unpaired) electrons. The Morgan fingerprint density at radius 2 is 1.94 bits per heavy atom. The number of carbonyl (C=O) groups excluding carboxylic acids is 1. The third-order valence-corrected chi connectivity index (χ3v) is 4.71. The number of hydrogen-bond acceptors (Lipinski definition) is 4. The molecule has 100 valence electrons. The molecule has 1 aliphatic carbocycles. The molecule has 1 aromatic rings. The first kappa shape index (κ1) is 13.5. The summed E-state index contributed by atoms with van der Waals surface area (Å²) in [5.74, 6) is 0. The predicted molar refractivity (Wildman–Crippen MR) is 76.9 cm³/mol. The second-order valence-electron chi connectivity index (χ2n) is 6.13. The Bertz CT molecular complexity index is 427. The molecule has 1 saturated carbocycles. The lowest BCUT2D eigenvalue weighted by Gasteiger charge is -2.23. The van der Waals surface area contributed by atoms with Crippen LogP contribution in [-0.4, -0.2) is 24.4 Å². The molecular weight excluding hydrogens is 244 g/mol. The second-order valence-corrected chi connectivity index (χ2v) is 7.14. The number of thiazole rings is 1. The van der Waals surface area contributed by atoms with Crippen LogP contribution in [-0.2, 0) is 5.41 Å². The van der Waals surface area contributed by atoms with Crippen LogP contribution in [0.1, 0.15) is 61.8 Å². The minimum Gasteiger partial charge on any atom is -0.348 e. The van der Waals surface area contributed by atoms with Crippen LogP contribution in [0.3, 0.4) is 0 Å². The summed E-state index contributed by atoms with van der Waals surface area (Å²) in [6.45, 7) is 6.32. The van der Waals surface area contributed by atoms with Crippen molar-refractivity contribution in [3.8, 4) is 0 Å². The third kappa shape index (κ3) is 2.58. The summed E-state index contributed by atoms with van der Waals surface area (Å²) in [6.07, 6.45) is 6.07. The molecule has 0 bridgehead atoms. The van der Waals surface area contributed by atoms with Gasteiger partial charge >= 0.3 is 0 Å². The molecule has 1 aromatic heterocycles. The molecule has 0 saturated heterocycles. The van der Waals surface area contributed by atoms with Crippen LogP contribution < -0.4 is 4.90 Å². The van der Waals surface area contributed by atoms with Gasteiger partial charge in [-0.25, -0.2) is 4.98 Å². The van der Waals surface area contributed by atoms with Crippen LogP contribution in [0.2, 0.25) is 0 Å². The Hall–Kier alpha value is -0.900. The van der Waals surface area contributed by atoms with E-state index in [0.717, 1.165) is 22.0 Å². The normalized spacial score (nSPS) is 17.1. The Morgan fingerprint density at radius 3 is 2.39 bits per heavy atom. The van der Waals surface area contributed by atoms with Crippen molar-refractivity contribution in [2.75, 3.05) is 11.9 Å². The van der Waals surface area contributed by atoms with Gasteiger partial charge < -0.3 is 4.90 Å². The number of hydrogen-bond donors (Lipinski definition) is 0. The van der Waals surface area contributed by atoms with E-state index in [0.29, 0.717) is 6.04 Å². The van der Waals surface area contributed by atoms with Crippen molar-refractivity contribution in [1.82, 2.24) is 4.98 Å². The molecule has 1 aliphatic rings. The maximum absolute atomic E-state index is 11.2. The first-order valence-electron chi connectivity index (χ1n) is 6.63. The molecule has 4 heteroatoms. The lowest BCUT2D eigenvalue weighted by Crippen LogP contribution is -2.28. The Morgan fingerprint density at radius 1 is 1.33 bits per heavy atom. The zero-order valence-corrected chi connectivity index (χ0v) is 12.5. The summed E-state index contributed by atoms with van der Waals surface area (Å²) in [6, 6.07) is 0.600. The van der Waals surface area contributed by atoms with E-state index >= 15 is 0 Å². The molecule has 0 atom stereocenters. The van der Waals surface area contributed by atoms with Gasteiger partial charge in [-0.1, -0.05) is 44.9 Å². The van der Waals surface area contributed by atoms with Crippen LogP contribution in [0.5, 0.6) is 0 Å². The minimum absolute atomic E-state index is 0.0679. The van der Waals surface area contributed by atoms with Crippen molar-refractivity contribution in [2.24, 2.45) is 0 Å². The average molecular weight is 266 g/mol. The number of rotatable bonds is 3. The summed E-state index contributed by atoms with van der Waals surface area (Å²) in [4.78, 5) is 18.9. The van der Waals surface area contributed by atoms with Gasteiger partial charge in [-0.2, -0.15) is 0 Å². The van der Waals surface area contributed by atoms with E-state index in [2.05, 4.69) is 32.7 Å². The zero-order valence-electron chi connectivity index (χ0n) is 11.7. The fraction of sp³-hybridized carbons (Fsp3) is 0.714. The van der Waals surface area contributed by atoms with Gasteiger partial charge in [0.2, 0.25) is 0 Å². The number of anilines is 1. The van der Waals surface area contributed by atoms with Crippen molar-refractivity contribution in [2.45, 2.75) is 57.9 Å². The van der Waals surface area contributed by atoms with Gasteiger partial charge in [0, 0.05) is 18.5 Å². The highest BCUT2D eigenvalue weighted by Crippen LogP contribution is 2.35. The molecule has 0 aromatic carbocycles. The lowest BCUT2D eigenvalue weighted by atomic mass is 9.91. The van der Waals surface area contributed by atoms with Gasteiger partial charge in [-0.05, 0) is 12.8 Å². The smallest absolute Gasteiger partial charge is 0.186 e. The molecule has 1 fully saturated rings. The van der Waals surface area contributed by atoms with E-state index in [1.54, 1.807) is 0 Å².